The molecule has 1 saturated heterocycles. The molecule has 0 aromatic carbocycles. The Bertz CT molecular complexity index is 1400. The van der Waals surface area contributed by atoms with Crippen LogP contribution in [0.15, 0.2) is 36.7 Å². The lowest BCUT2D eigenvalue weighted by atomic mass is 10.0. The lowest BCUT2D eigenvalue weighted by molar-refractivity contribution is -0.140. The fourth-order valence-corrected chi connectivity index (χ4v) is 4.41. The van der Waals surface area contributed by atoms with E-state index in [1.807, 2.05) is 12.1 Å². The standard InChI is InChI=1S/C27H32FN7O4/c1-16(36)26(38)34-8-6-18(7-9-34)33-21-11-22(23-5-4-19-10-17(12-29)13-32-35(19)23)30-14-20(21)25(37)31-15-24(28)27(2,3)39/h4-5,10-11,13-14,16,18,24,36,39H,6-9,15H2,1-3H3,(H,30,33)(H,31,37). The molecule has 0 radical (unpaired) electrons. The Morgan fingerprint density at radius 1 is 1.26 bits per heavy atom. The number of hydrogen-bond donors (Lipinski definition) is 4. The van der Waals surface area contributed by atoms with Crippen LogP contribution < -0.4 is 10.6 Å². The second-order valence-electron chi connectivity index (χ2n) is 10.3. The number of rotatable bonds is 8. The zero-order valence-electron chi connectivity index (χ0n) is 22.1. The SMILES string of the molecule is CC(O)C(=O)N1CCC(Nc2cc(-c3ccc4cc(C#N)cnn34)ncc2C(=O)NCC(F)C(C)(C)O)CC1. The number of nitrogens with one attached hydrogen (secondary N) is 2. The Kier molecular flexibility index (Phi) is 8.13. The van der Waals surface area contributed by atoms with Crippen molar-refractivity contribution >= 4 is 23.0 Å². The van der Waals surface area contributed by atoms with E-state index in [1.54, 1.807) is 21.5 Å². The topological polar surface area (TPSA) is 156 Å². The van der Waals surface area contributed by atoms with E-state index in [0.717, 1.165) is 0 Å². The number of halogens is 1. The van der Waals surface area contributed by atoms with Crippen LogP contribution in [0.2, 0.25) is 0 Å². The summed E-state index contributed by atoms with van der Waals surface area (Å²) in [7, 11) is 0. The molecule has 39 heavy (non-hydrogen) atoms. The number of pyridine rings is 1. The molecular weight excluding hydrogens is 505 g/mol. The maximum atomic E-state index is 14.3. The van der Waals surface area contributed by atoms with E-state index in [0.29, 0.717) is 54.1 Å². The van der Waals surface area contributed by atoms with Gasteiger partial charge in [0, 0.05) is 25.3 Å². The summed E-state index contributed by atoms with van der Waals surface area (Å²) >= 11 is 0. The quantitative estimate of drug-likeness (QED) is 0.339. The van der Waals surface area contributed by atoms with Crippen LogP contribution in [0.4, 0.5) is 10.1 Å². The minimum Gasteiger partial charge on any atom is -0.387 e. The first-order chi connectivity index (χ1) is 18.5. The average molecular weight is 538 g/mol. The van der Waals surface area contributed by atoms with Crippen LogP contribution in [0.25, 0.3) is 16.9 Å². The number of carbonyl (C=O) groups is 2. The van der Waals surface area contributed by atoms with Crippen molar-refractivity contribution in [3.05, 3.63) is 47.8 Å². The molecule has 1 fully saturated rings. The molecule has 1 aliphatic heterocycles. The third-order valence-electron chi connectivity index (χ3n) is 6.77. The van der Waals surface area contributed by atoms with Crippen LogP contribution in [0.1, 0.15) is 49.5 Å². The van der Waals surface area contributed by atoms with Gasteiger partial charge in [-0.2, -0.15) is 10.4 Å². The molecule has 3 aromatic rings. The highest BCUT2D eigenvalue weighted by Crippen LogP contribution is 2.27. The first-order valence-corrected chi connectivity index (χ1v) is 12.7. The van der Waals surface area contributed by atoms with Gasteiger partial charge in [0.1, 0.15) is 18.3 Å². The van der Waals surface area contributed by atoms with Crippen LogP contribution >= 0.6 is 0 Å². The van der Waals surface area contributed by atoms with Gasteiger partial charge in [0.2, 0.25) is 0 Å². The Morgan fingerprint density at radius 2 is 1.97 bits per heavy atom. The summed E-state index contributed by atoms with van der Waals surface area (Å²) in [6, 6.07) is 9.03. The van der Waals surface area contributed by atoms with Gasteiger partial charge in [-0.05, 0) is 57.9 Å². The Balaban J connectivity index is 1.61. The van der Waals surface area contributed by atoms with E-state index < -0.39 is 23.8 Å². The number of nitriles is 1. The summed E-state index contributed by atoms with van der Waals surface area (Å²) in [6.07, 6.45) is 1.31. The number of alkyl halides is 1. The molecule has 2 unspecified atom stereocenters. The summed E-state index contributed by atoms with van der Waals surface area (Å²) in [6.45, 7) is 4.62. The molecular formula is C27H32FN7O4. The maximum absolute atomic E-state index is 14.3. The normalized spacial score (nSPS) is 16.0. The van der Waals surface area contributed by atoms with Crippen LogP contribution in [0.3, 0.4) is 0 Å². The van der Waals surface area contributed by atoms with Crippen molar-refractivity contribution in [3.63, 3.8) is 0 Å². The van der Waals surface area contributed by atoms with E-state index in [-0.39, 0.29) is 24.1 Å². The molecule has 0 spiro atoms. The molecule has 4 N–H and O–H groups in total. The first-order valence-electron chi connectivity index (χ1n) is 12.7. The number of fused-ring (bicyclic) bond motifs is 1. The number of aliphatic hydroxyl groups is 2. The van der Waals surface area contributed by atoms with Crippen LogP contribution in [-0.2, 0) is 4.79 Å². The van der Waals surface area contributed by atoms with Gasteiger partial charge in [-0.25, -0.2) is 8.91 Å². The molecule has 12 heteroatoms. The van der Waals surface area contributed by atoms with Gasteiger partial charge < -0.3 is 25.7 Å². The van der Waals surface area contributed by atoms with Crippen LogP contribution in [0, 0.1) is 11.3 Å². The highest BCUT2D eigenvalue weighted by atomic mass is 19.1. The minimum absolute atomic E-state index is 0.0736. The summed E-state index contributed by atoms with van der Waals surface area (Å²) < 4.78 is 15.9. The number of aliphatic hydroxyl groups excluding tert-OH is 1. The lowest BCUT2D eigenvalue weighted by Gasteiger charge is -2.34. The number of amides is 2. The molecule has 3 aromatic heterocycles. The fourth-order valence-electron chi connectivity index (χ4n) is 4.41. The minimum atomic E-state index is -1.67. The Hall–Kier alpha value is -4.08. The summed E-state index contributed by atoms with van der Waals surface area (Å²) in [5.74, 6) is -0.874. The predicted molar refractivity (Wildman–Crippen MR) is 142 cm³/mol. The molecule has 2 atom stereocenters. The molecule has 0 aliphatic carbocycles. The van der Waals surface area contributed by atoms with Crippen molar-refractivity contribution in [2.45, 2.75) is 57.5 Å². The fraction of sp³-hybridized carbons (Fsp3) is 0.444. The number of piperidine rings is 1. The second-order valence-corrected chi connectivity index (χ2v) is 10.3. The first kappa shape index (κ1) is 27.9. The summed E-state index contributed by atoms with van der Waals surface area (Å²) in [5.41, 5.74) is 1.36. The second kappa shape index (κ2) is 11.3. The highest BCUT2D eigenvalue weighted by molar-refractivity contribution is 6.00. The molecule has 1 aliphatic rings. The van der Waals surface area contributed by atoms with Crippen molar-refractivity contribution in [2.24, 2.45) is 0 Å². The van der Waals surface area contributed by atoms with Gasteiger partial charge >= 0.3 is 0 Å². The van der Waals surface area contributed by atoms with Gasteiger partial charge in [-0.3, -0.25) is 14.6 Å². The lowest BCUT2D eigenvalue weighted by Crippen LogP contribution is -2.46. The zero-order chi connectivity index (χ0) is 28.3. The van der Waals surface area contributed by atoms with E-state index in [1.165, 1.54) is 33.2 Å². The molecule has 4 heterocycles. The third-order valence-corrected chi connectivity index (χ3v) is 6.77. The van der Waals surface area contributed by atoms with E-state index >= 15 is 0 Å². The highest BCUT2D eigenvalue weighted by Gasteiger charge is 2.29. The Morgan fingerprint density at radius 3 is 2.62 bits per heavy atom. The molecule has 11 nitrogen and oxygen atoms in total. The number of likely N-dealkylation sites (tertiary alicyclic amines) is 1. The van der Waals surface area contributed by atoms with Crippen molar-refractivity contribution < 1.29 is 24.2 Å². The van der Waals surface area contributed by atoms with Crippen LogP contribution in [-0.4, -0.2) is 85.1 Å². The summed E-state index contributed by atoms with van der Waals surface area (Å²) in [5, 5.41) is 38.9. The number of anilines is 1. The molecule has 0 bridgehead atoms. The van der Waals surface area contributed by atoms with Gasteiger partial charge in [-0.1, -0.05) is 0 Å². The number of hydrogen-bond acceptors (Lipinski definition) is 8. The van der Waals surface area contributed by atoms with Crippen molar-refractivity contribution in [2.75, 3.05) is 25.0 Å². The summed E-state index contributed by atoms with van der Waals surface area (Å²) in [4.78, 5) is 31.3. The predicted octanol–water partition coefficient (Wildman–Crippen LogP) is 1.89. The average Bonchev–Trinajstić information content (AvgIpc) is 3.34. The van der Waals surface area contributed by atoms with Crippen LogP contribution in [0.5, 0.6) is 0 Å². The molecule has 0 saturated carbocycles. The van der Waals surface area contributed by atoms with E-state index in [4.69, 9.17) is 5.26 Å². The van der Waals surface area contributed by atoms with E-state index in [2.05, 4.69) is 26.8 Å². The molecule has 4 rings (SSSR count). The third kappa shape index (κ3) is 6.32. The van der Waals surface area contributed by atoms with Gasteiger partial charge in [-0.15, -0.1) is 0 Å². The van der Waals surface area contributed by atoms with Crippen molar-refractivity contribution in [3.8, 4) is 17.5 Å². The van der Waals surface area contributed by atoms with E-state index in [9.17, 15) is 24.2 Å². The largest absolute Gasteiger partial charge is 0.387 e. The monoisotopic (exact) mass is 537 g/mol. The number of nitrogens with zero attached hydrogens (tertiary/aromatic N) is 5. The maximum Gasteiger partial charge on any atom is 0.255 e. The van der Waals surface area contributed by atoms with Crippen molar-refractivity contribution in [1.29, 1.82) is 5.26 Å². The van der Waals surface area contributed by atoms with Gasteiger partial charge in [0.05, 0.1) is 52.1 Å². The van der Waals surface area contributed by atoms with Gasteiger partial charge in [0.15, 0.2) is 0 Å². The molecule has 2 amide bonds. The number of carbonyl (C=O) groups excluding carboxylic acids is 2. The number of aromatic nitrogens is 3. The van der Waals surface area contributed by atoms with Gasteiger partial charge in [0.25, 0.3) is 11.8 Å². The molecule has 206 valence electrons. The Labute approximate surface area is 225 Å². The smallest absolute Gasteiger partial charge is 0.255 e. The van der Waals surface area contributed by atoms with Crippen molar-refractivity contribution in [1.82, 2.24) is 24.8 Å². The zero-order valence-corrected chi connectivity index (χ0v) is 22.1.